The van der Waals surface area contributed by atoms with Gasteiger partial charge in [-0.25, -0.2) is 9.97 Å². The fraction of sp³-hybridized carbons (Fsp3) is 0.0476. The molecule has 5 aromatic rings. The third kappa shape index (κ3) is 2.00. The molecule has 1 aliphatic heterocycles. The summed E-state index contributed by atoms with van der Waals surface area (Å²) < 4.78 is 4.24. The van der Waals surface area contributed by atoms with E-state index in [0.29, 0.717) is 5.15 Å². The van der Waals surface area contributed by atoms with E-state index in [4.69, 9.17) is 16.6 Å². The minimum absolute atomic E-state index is 0.216. The first-order chi connectivity index (χ1) is 13.3. The minimum Gasteiger partial charge on any atom is -0.359 e. The Balaban J connectivity index is 1.72. The topological polar surface area (TPSA) is 47.1 Å². The molecule has 2 aromatic carbocycles. The number of anilines is 1. The van der Waals surface area contributed by atoms with Crippen LogP contribution in [-0.4, -0.2) is 18.9 Å². The number of benzene rings is 2. The molecule has 130 valence electrons. The summed E-state index contributed by atoms with van der Waals surface area (Å²) in [5.41, 5.74) is 5.85. The molecule has 6 rings (SSSR count). The Kier molecular flexibility index (Phi) is 2.93. The van der Waals surface area contributed by atoms with E-state index in [0.717, 1.165) is 39.4 Å². The maximum atomic E-state index is 6.61. The normalized spacial score (nSPS) is 15.5. The van der Waals surface area contributed by atoms with E-state index in [1.165, 1.54) is 0 Å². The van der Waals surface area contributed by atoms with Gasteiger partial charge < -0.3 is 5.32 Å². The van der Waals surface area contributed by atoms with E-state index in [-0.39, 0.29) is 6.17 Å². The second kappa shape index (κ2) is 5.34. The van der Waals surface area contributed by atoms with Crippen LogP contribution in [0.25, 0.3) is 28.1 Å². The lowest BCUT2D eigenvalue weighted by molar-refractivity contribution is 0.644. The summed E-state index contributed by atoms with van der Waals surface area (Å²) in [7, 11) is 0. The monoisotopic (exact) mass is 371 g/mol. The number of hydrogen-bond donors (Lipinski definition) is 1. The molecule has 1 unspecified atom stereocenters. The lowest BCUT2D eigenvalue weighted by Gasteiger charge is -2.30. The van der Waals surface area contributed by atoms with Gasteiger partial charge in [0.1, 0.15) is 17.2 Å². The Hall–Kier alpha value is -3.31. The van der Waals surface area contributed by atoms with Crippen molar-refractivity contribution in [3.05, 3.63) is 83.8 Å². The number of aromatic nitrogens is 4. The Morgan fingerprint density at radius 1 is 0.889 bits per heavy atom. The molecule has 6 heteroatoms. The van der Waals surface area contributed by atoms with Crippen molar-refractivity contribution in [2.75, 3.05) is 5.32 Å². The maximum Gasteiger partial charge on any atom is 0.155 e. The SMILES string of the molecule is Clc1nc2ccccn2c1C1Nc2ccccc2-c2nc3ccccc3n21. The molecule has 0 fully saturated rings. The highest BCUT2D eigenvalue weighted by Crippen LogP contribution is 2.41. The van der Waals surface area contributed by atoms with Crippen LogP contribution in [0.3, 0.4) is 0 Å². The van der Waals surface area contributed by atoms with Gasteiger partial charge in [-0.2, -0.15) is 0 Å². The molecule has 1 N–H and O–H groups in total. The van der Waals surface area contributed by atoms with Gasteiger partial charge >= 0.3 is 0 Å². The maximum absolute atomic E-state index is 6.61. The van der Waals surface area contributed by atoms with Gasteiger partial charge in [0.15, 0.2) is 11.3 Å². The second-order valence-electron chi connectivity index (χ2n) is 6.60. The third-order valence-corrected chi connectivity index (χ3v) is 5.37. The molecule has 0 aliphatic carbocycles. The zero-order valence-electron chi connectivity index (χ0n) is 14.2. The van der Waals surface area contributed by atoms with Crippen LogP contribution in [0.15, 0.2) is 72.9 Å². The largest absolute Gasteiger partial charge is 0.359 e. The number of pyridine rings is 1. The first kappa shape index (κ1) is 14.8. The number of hydrogen-bond acceptors (Lipinski definition) is 3. The van der Waals surface area contributed by atoms with Crippen molar-refractivity contribution < 1.29 is 0 Å². The third-order valence-electron chi connectivity index (χ3n) is 5.10. The highest BCUT2D eigenvalue weighted by Gasteiger charge is 2.31. The molecule has 3 aromatic heterocycles. The van der Waals surface area contributed by atoms with Gasteiger partial charge in [0, 0.05) is 17.4 Å². The summed E-state index contributed by atoms with van der Waals surface area (Å²) in [6.07, 6.45) is 1.78. The van der Waals surface area contributed by atoms with Crippen molar-refractivity contribution in [3.8, 4) is 11.4 Å². The van der Waals surface area contributed by atoms with Crippen LogP contribution in [0.1, 0.15) is 11.9 Å². The van der Waals surface area contributed by atoms with E-state index in [2.05, 4.69) is 33.1 Å². The van der Waals surface area contributed by atoms with Gasteiger partial charge in [0.2, 0.25) is 0 Å². The number of halogens is 1. The van der Waals surface area contributed by atoms with Crippen LogP contribution < -0.4 is 5.32 Å². The standard InChI is InChI=1S/C21H14ClN5/c22-19-18(26-12-6-5-11-17(26)25-19)21-23-14-8-2-1-7-13(14)20-24-15-9-3-4-10-16(15)27(20)21/h1-12,21,23H. The van der Waals surface area contributed by atoms with Gasteiger partial charge in [-0.15, -0.1) is 0 Å². The quantitative estimate of drug-likeness (QED) is 0.452. The predicted molar refractivity (Wildman–Crippen MR) is 107 cm³/mol. The van der Waals surface area contributed by atoms with Crippen molar-refractivity contribution in [2.24, 2.45) is 0 Å². The lowest BCUT2D eigenvalue weighted by Crippen LogP contribution is -2.26. The molecule has 0 spiro atoms. The molecule has 0 saturated carbocycles. The number of imidazole rings is 2. The van der Waals surface area contributed by atoms with Crippen LogP contribution in [0.5, 0.6) is 0 Å². The first-order valence-electron chi connectivity index (χ1n) is 8.76. The average molecular weight is 372 g/mol. The summed E-state index contributed by atoms with van der Waals surface area (Å²) in [5.74, 6) is 0.928. The molecule has 1 atom stereocenters. The van der Waals surface area contributed by atoms with Gasteiger partial charge in [-0.3, -0.25) is 8.97 Å². The van der Waals surface area contributed by atoms with E-state index in [1.54, 1.807) is 0 Å². The van der Waals surface area contributed by atoms with Gasteiger partial charge in [-0.1, -0.05) is 41.9 Å². The van der Waals surface area contributed by atoms with E-state index in [1.807, 2.05) is 59.1 Å². The highest BCUT2D eigenvalue weighted by atomic mass is 35.5. The fourth-order valence-corrected chi connectivity index (χ4v) is 4.21. The van der Waals surface area contributed by atoms with E-state index in [9.17, 15) is 0 Å². The molecule has 0 amide bonds. The molecule has 0 radical (unpaired) electrons. The second-order valence-corrected chi connectivity index (χ2v) is 6.96. The van der Waals surface area contributed by atoms with Gasteiger partial charge in [0.05, 0.1) is 11.0 Å². The lowest BCUT2D eigenvalue weighted by atomic mass is 10.1. The van der Waals surface area contributed by atoms with Crippen molar-refractivity contribution in [1.29, 1.82) is 0 Å². The van der Waals surface area contributed by atoms with Crippen molar-refractivity contribution in [1.82, 2.24) is 18.9 Å². The molecular weight excluding hydrogens is 358 g/mol. The van der Waals surface area contributed by atoms with E-state index < -0.39 is 0 Å². The summed E-state index contributed by atoms with van der Waals surface area (Å²) in [6.45, 7) is 0. The van der Waals surface area contributed by atoms with Crippen LogP contribution in [0.2, 0.25) is 5.15 Å². The zero-order valence-corrected chi connectivity index (χ0v) is 14.9. The molecule has 5 nitrogen and oxygen atoms in total. The number of nitrogens with one attached hydrogen (secondary N) is 1. The smallest absolute Gasteiger partial charge is 0.155 e. The molecular formula is C21H14ClN5. The Morgan fingerprint density at radius 2 is 1.70 bits per heavy atom. The molecule has 0 bridgehead atoms. The number of para-hydroxylation sites is 3. The molecule has 27 heavy (non-hydrogen) atoms. The fourth-order valence-electron chi connectivity index (χ4n) is 3.93. The van der Waals surface area contributed by atoms with Gasteiger partial charge in [0.25, 0.3) is 0 Å². The summed E-state index contributed by atoms with van der Waals surface area (Å²) in [6, 6.07) is 22.3. The Labute approximate surface area is 159 Å². The van der Waals surface area contributed by atoms with Crippen molar-refractivity contribution in [2.45, 2.75) is 6.17 Å². The Morgan fingerprint density at radius 3 is 2.67 bits per heavy atom. The van der Waals surface area contributed by atoms with E-state index >= 15 is 0 Å². The predicted octanol–water partition coefficient (Wildman–Crippen LogP) is 4.98. The summed E-state index contributed by atoms with van der Waals surface area (Å²) in [5, 5.41) is 4.13. The number of nitrogens with zero attached hydrogens (tertiary/aromatic N) is 4. The van der Waals surface area contributed by atoms with Crippen LogP contribution >= 0.6 is 11.6 Å². The molecule has 0 saturated heterocycles. The Bertz CT molecular complexity index is 1330. The highest BCUT2D eigenvalue weighted by molar-refractivity contribution is 6.30. The number of fused-ring (bicyclic) bond motifs is 6. The average Bonchev–Trinajstić information content (AvgIpc) is 3.25. The molecule has 4 heterocycles. The minimum atomic E-state index is -0.216. The zero-order chi connectivity index (χ0) is 18.0. The number of rotatable bonds is 1. The molecule has 1 aliphatic rings. The summed E-state index contributed by atoms with van der Waals surface area (Å²) >= 11 is 6.61. The van der Waals surface area contributed by atoms with Gasteiger partial charge in [-0.05, 0) is 36.4 Å². The van der Waals surface area contributed by atoms with Crippen molar-refractivity contribution in [3.63, 3.8) is 0 Å². The van der Waals surface area contributed by atoms with Crippen molar-refractivity contribution >= 4 is 34.0 Å². The van der Waals surface area contributed by atoms with Crippen LogP contribution in [0, 0.1) is 0 Å². The summed E-state index contributed by atoms with van der Waals surface area (Å²) in [4.78, 5) is 9.45. The first-order valence-corrected chi connectivity index (χ1v) is 9.14. The van der Waals surface area contributed by atoms with Crippen LogP contribution in [-0.2, 0) is 0 Å². The van der Waals surface area contributed by atoms with Crippen LogP contribution in [0.4, 0.5) is 5.69 Å².